The van der Waals surface area contributed by atoms with E-state index in [-0.39, 0.29) is 37.1 Å². The van der Waals surface area contributed by atoms with E-state index < -0.39 is 47.4 Å². The molecule has 0 aromatic heterocycles. The fraction of sp³-hybridized carbons (Fsp3) is 0.791. The van der Waals surface area contributed by atoms with Crippen LogP contribution in [0.2, 0.25) is 0 Å². The monoisotopic (exact) mass is 1330 g/mol. The van der Waals surface area contributed by atoms with Gasteiger partial charge in [0.2, 0.25) is 5.91 Å². The van der Waals surface area contributed by atoms with Crippen molar-refractivity contribution in [3.8, 4) is 0 Å². The SMILES string of the molecule is COCCOCCOCCOCCOCCOCCOCCOCCCN(CCCOCCOCCOCCOCCOCCOCCOCCOC)CCCc1cc(CC(=O)[C@H](C)NC(=O)[C@@H](CC(=O)CN2C(=O)C=CC2=O)C(C)C)ccc1COC(=O)C(C)(C)C. The summed E-state index contributed by atoms with van der Waals surface area (Å²) in [4.78, 5) is 80.5. The lowest BCUT2D eigenvalue weighted by molar-refractivity contribution is -0.154. The number of nitrogens with zero attached hydrogens (tertiary/aromatic N) is 2. The van der Waals surface area contributed by atoms with Crippen molar-refractivity contribution in [1.82, 2.24) is 15.1 Å². The standard InChI is InChI=1S/C67H115N3O23/c1-55(2)61(52-60(71)53-70-63(73)15-16-64(70)74)65(75)68-56(3)62(72)51-57-13-14-59(54-93-66(76)67(4,5)6)58(50-57)12-9-17-69(18-10-20-79-26-28-83-34-36-87-42-44-91-48-46-89-40-38-85-32-30-81-24-22-77-7)19-11-21-80-27-29-84-35-37-88-43-45-92-49-47-90-41-39-86-33-31-82-25-23-78-8/h13-16,50,55-56,61H,9-12,17-49,51-54H2,1-8H3,(H,68,75)/t56-,61-/m0/s1. The van der Waals surface area contributed by atoms with E-state index in [1.165, 1.54) is 0 Å². The van der Waals surface area contributed by atoms with Crippen molar-refractivity contribution in [2.24, 2.45) is 17.3 Å². The van der Waals surface area contributed by atoms with Crippen LogP contribution in [-0.4, -0.2) is 290 Å². The molecule has 1 aromatic rings. The van der Waals surface area contributed by atoms with Gasteiger partial charge in [-0.2, -0.15) is 0 Å². The van der Waals surface area contributed by atoms with Gasteiger partial charge in [-0.15, -0.1) is 0 Å². The van der Waals surface area contributed by atoms with E-state index in [9.17, 15) is 28.8 Å². The average Bonchev–Trinajstić information content (AvgIpc) is 1.97. The molecule has 536 valence electrons. The van der Waals surface area contributed by atoms with Crippen LogP contribution < -0.4 is 5.32 Å². The number of esters is 1. The Bertz CT molecular complexity index is 2060. The Hall–Kier alpha value is -4.30. The molecule has 1 aromatic carbocycles. The van der Waals surface area contributed by atoms with Crippen molar-refractivity contribution in [2.75, 3.05) is 239 Å². The van der Waals surface area contributed by atoms with Gasteiger partial charge in [0.25, 0.3) is 11.8 Å². The molecule has 3 amide bonds. The normalized spacial score (nSPS) is 13.3. The number of amides is 3. The van der Waals surface area contributed by atoms with Crippen molar-refractivity contribution < 1.29 is 109 Å². The maximum Gasteiger partial charge on any atom is 0.311 e. The molecule has 2 rings (SSSR count). The van der Waals surface area contributed by atoms with Crippen LogP contribution in [0.1, 0.15) is 83.9 Å². The van der Waals surface area contributed by atoms with Crippen LogP contribution in [-0.2, 0) is 129 Å². The molecule has 2 atom stereocenters. The molecular formula is C67H115N3O23. The summed E-state index contributed by atoms with van der Waals surface area (Å²) in [6, 6.07) is 4.83. The van der Waals surface area contributed by atoms with E-state index in [4.69, 9.17) is 80.5 Å². The van der Waals surface area contributed by atoms with E-state index in [1.807, 2.05) is 18.2 Å². The van der Waals surface area contributed by atoms with E-state index >= 15 is 0 Å². The minimum absolute atomic E-state index is 0.0228. The van der Waals surface area contributed by atoms with Crippen LogP contribution in [0.4, 0.5) is 0 Å². The van der Waals surface area contributed by atoms with Gasteiger partial charge in [-0.3, -0.25) is 33.7 Å². The van der Waals surface area contributed by atoms with Crippen molar-refractivity contribution in [1.29, 1.82) is 0 Å². The van der Waals surface area contributed by atoms with Gasteiger partial charge in [-0.25, -0.2) is 0 Å². The summed E-state index contributed by atoms with van der Waals surface area (Å²) in [6.07, 6.45) is 5.02. The topological polar surface area (TPSA) is 278 Å². The third-order valence-electron chi connectivity index (χ3n) is 14.1. The lowest BCUT2D eigenvalue weighted by atomic mass is 9.89. The Morgan fingerprint density at radius 2 is 0.839 bits per heavy atom. The Morgan fingerprint density at radius 1 is 0.484 bits per heavy atom. The highest BCUT2D eigenvalue weighted by Gasteiger charge is 2.31. The van der Waals surface area contributed by atoms with E-state index in [0.717, 1.165) is 72.6 Å². The molecule has 0 bridgehead atoms. The molecule has 0 saturated carbocycles. The first-order valence-electron chi connectivity index (χ1n) is 33.0. The summed E-state index contributed by atoms with van der Waals surface area (Å²) in [5.41, 5.74) is 1.81. The second-order valence-electron chi connectivity index (χ2n) is 23.2. The highest BCUT2D eigenvalue weighted by Crippen LogP contribution is 2.22. The zero-order valence-corrected chi connectivity index (χ0v) is 57.4. The van der Waals surface area contributed by atoms with Crippen molar-refractivity contribution in [3.63, 3.8) is 0 Å². The summed E-state index contributed by atoms with van der Waals surface area (Å²) < 4.78 is 94.0. The first kappa shape index (κ1) is 84.8. The van der Waals surface area contributed by atoms with Gasteiger partial charge in [0.15, 0.2) is 11.6 Å². The number of hydrogen-bond donors (Lipinski definition) is 1. The largest absolute Gasteiger partial charge is 0.460 e. The van der Waals surface area contributed by atoms with Crippen LogP contribution in [0.5, 0.6) is 0 Å². The molecule has 0 radical (unpaired) electrons. The van der Waals surface area contributed by atoms with Crippen molar-refractivity contribution >= 4 is 35.3 Å². The fourth-order valence-electron chi connectivity index (χ4n) is 8.72. The van der Waals surface area contributed by atoms with Gasteiger partial charge in [-0.1, -0.05) is 32.0 Å². The van der Waals surface area contributed by atoms with Gasteiger partial charge < -0.3 is 90.7 Å². The molecule has 0 aliphatic carbocycles. The highest BCUT2D eigenvalue weighted by molar-refractivity contribution is 6.14. The van der Waals surface area contributed by atoms with Crippen LogP contribution in [0, 0.1) is 17.3 Å². The highest BCUT2D eigenvalue weighted by atomic mass is 16.6. The summed E-state index contributed by atoms with van der Waals surface area (Å²) in [7, 11) is 3.27. The van der Waals surface area contributed by atoms with E-state index in [1.54, 1.807) is 55.8 Å². The number of benzene rings is 1. The van der Waals surface area contributed by atoms with Crippen LogP contribution >= 0.6 is 0 Å². The lowest BCUT2D eigenvalue weighted by Gasteiger charge is -2.23. The average molecular weight is 1330 g/mol. The lowest BCUT2D eigenvalue weighted by Crippen LogP contribution is -2.45. The predicted molar refractivity (Wildman–Crippen MR) is 345 cm³/mol. The van der Waals surface area contributed by atoms with Crippen LogP contribution in [0.25, 0.3) is 0 Å². The van der Waals surface area contributed by atoms with Gasteiger partial charge >= 0.3 is 5.97 Å². The van der Waals surface area contributed by atoms with Crippen LogP contribution in [0.3, 0.4) is 0 Å². The second-order valence-corrected chi connectivity index (χ2v) is 23.2. The number of Topliss-reactive ketones (excluding diaryl/α,β-unsaturated/α-hetero) is 2. The molecule has 0 spiro atoms. The molecular weight excluding hydrogens is 1210 g/mol. The Labute approximate surface area is 553 Å². The van der Waals surface area contributed by atoms with E-state index in [0.29, 0.717) is 205 Å². The Kier molecular flexibility index (Phi) is 51.8. The van der Waals surface area contributed by atoms with Gasteiger partial charge in [0.05, 0.1) is 203 Å². The molecule has 0 unspecified atom stereocenters. The fourth-order valence-corrected chi connectivity index (χ4v) is 8.72. The molecule has 1 N–H and O–H groups in total. The number of ether oxygens (including phenoxy) is 17. The number of carbonyl (C=O) groups excluding carboxylic acids is 6. The first-order valence-corrected chi connectivity index (χ1v) is 33.0. The predicted octanol–water partition coefficient (Wildman–Crippen LogP) is 4.09. The summed E-state index contributed by atoms with van der Waals surface area (Å²) >= 11 is 0. The zero-order valence-electron chi connectivity index (χ0n) is 57.4. The third-order valence-corrected chi connectivity index (χ3v) is 14.1. The molecule has 93 heavy (non-hydrogen) atoms. The number of ketones is 2. The number of imide groups is 1. The minimum Gasteiger partial charge on any atom is -0.460 e. The number of methoxy groups -OCH3 is 2. The summed E-state index contributed by atoms with van der Waals surface area (Å²) in [6.45, 7) is 27.2. The zero-order chi connectivity index (χ0) is 67.8. The van der Waals surface area contributed by atoms with Gasteiger partial charge in [-0.05, 0) is 82.5 Å². The Morgan fingerprint density at radius 3 is 1.19 bits per heavy atom. The quantitative estimate of drug-likeness (QED) is 0.0546. The minimum atomic E-state index is -0.874. The molecule has 0 saturated heterocycles. The number of carbonyl (C=O) groups is 6. The van der Waals surface area contributed by atoms with Crippen LogP contribution in [0.15, 0.2) is 30.4 Å². The second kappa shape index (κ2) is 56.8. The number of aryl methyl sites for hydroxylation is 1. The number of rotatable bonds is 66. The summed E-state index contributed by atoms with van der Waals surface area (Å²) in [5, 5.41) is 2.80. The van der Waals surface area contributed by atoms with E-state index in [2.05, 4.69) is 10.2 Å². The smallest absolute Gasteiger partial charge is 0.311 e. The molecule has 1 heterocycles. The molecule has 26 heteroatoms. The van der Waals surface area contributed by atoms with Crippen molar-refractivity contribution in [3.05, 3.63) is 47.0 Å². The third kappa shape index (κ3) is 45.7. The first-order chi connectivity index (χ1) is 45.1. The summed E-state index contributed by atoms with van der Waals surface area (Å²) in [5.74, 6) is -3.67. The molecule has 1 aliphatic heterocycles. The number of hydrogen-bond acceptors (Lipinski definition) is 24. The maximum atomic E-state index is 13.7. The molecule has 0 fully saturated rings. The van der Waals surface area contributed by atoms with Crippen molar-refractivity contribution in [2.45, 2.75) is 92.7 Å². The molecule has 1 aliphatic rings. The number of nitrogens with one attached hydrogen (secondary N) is 1. The molecule has 26 nitrogen and oxygen atoms in total. The Balaban J connectivity index is 1.86. The van der Waals surface area contributed by atoms with Gasteiger partial charge in [0.1, 0.15) is 6.61 Å². The van der Waals surface area contributed by atoms with Gasteiger partial charge in [0, 0.05) is 71.4 Å². The maximum absolute atomic E-state index is 13.7.